The number of carbonyl (C=O) groups is 1. The Bertz CT molecular complexity index is 392. The third-order valence-electron chi connectivity index (χ3n) is 2.03. The molecule has 0 atom stereocenters. The molecule has 1 aliphatic heterocycles. The highest BCUT2D eigenvalue weighted by atomic mass is 79.9. The van der Waals surface area contributed by atoms with Crippen molar-refractivity contribution in [3.63, 3.8) is 0 Å². The molecule has 5 heteroatoms. The zero-order valence-electron chi connectivity index (χ0n) is 7.25. The van der Waals surface area contributed by atoms with Crippen molar-refractivity contribution in [2.45, 2.75) is 13.2 Å². The van der Waals surface area contributed by atoms with Crippen molar-refractivity contribution < 1.29 is 14.3 Å². The van der Waals surface area contributed by atoms with Crippen LogP contribution in [0.15, 0.2) is 16.6 Å². The molecule has 0 radical (unpaired) electrons. The molecule has 74 valence electrons. The van der Waals surface area contributed by atoms with E-state index in [4.69, 9.17) is 15.2 Å². The van der Waals surface area contributed by atoms with Gasteiger partial charge < -0.3 is 15.2 Å². The van der Waals surface area contributed by atoms with E-state index in [0.717, 1.165) is 15.6 Å². The van der Waals surface area contributed by atoms with E-state index >= 15 is 0 Å². The highest BCUT2D eigenvalue weighted by Gasteiger charge is 2.19. The van der Waals surface area contributed by atoms with Crippen LogP contribution >= 0.6 is 15.9 Å². The van der Waals surface area contributed by atoms with Gasteiger partial charge in [-0.3, -0.25) is 0 Å². The lowest BCUT2D eigenvalue weighted by Crippen LogP contribution is -2.17. The lowest BCUT2D eigenvalue weighted by molar-refractivity contribution is 0.133. The van der Waals surface area contributed by atoms with E-state index in [1.165, 1.54) is 0 Å². The third kappa shape index (κ3) is 1.60. The Morgan fingerprint density at radius 2 is 2.14 bits per heavy atom. The Balaban J connectivity index is 2.43. The first-order valence-corrected chi connectivity index (χ1v) is 4.83. The molecule has 1 aromatic rings. The molecule has 0 aromatic heterocycles. The maximum Gasteiger partial charge on any atom is 0.409 e. The Hall–Kier alpha value is -1.07. The van der Waals surface area contributed by atoms with Crippen LogP contribution in [0.5, 0.6) is 5.75 Å². The first-order valence-electron chi connectivity index (χ1n) is 4.04. The molecule has 0 bridgehead atoms. The monoisotopic (exact) mass is 257 g/mol. The number of ether oxygens (including phenoxy) is 2. The fourth-order valence-corrected chi connectivity index (χ4v) is 1.90. The van der Waals surface area contributed by atoms with E-state index in [0.29, 0.717) is 19.0 Å². The molecule has 1 aliphatic rings. The minimum absolute atomic E-state index is 0.456. The number of hydrogen-bond acceptors (Lipinski definition) is 3. The first-order chi connectivity index (χ1) is 6.68. The van der Waals surface area contributed by atoms with Crippen molar-refractivity contribution in [1.82, 2.24) is 0 Å². The van der Waals surface area contributed by atoms with Crippen molar-refractivity contribution in [1.29, 1.82) is 0 Å². The average molecular weight is 258 g/mol. The van der Waals surface area contributed by atoms with Crippen LogP contribution in [0.1, 0.15) is 11.1 Å². The predicted octanol–water partition coefficient (Wildman–Crippen LogP) is 1.94. The van der Waals surface area contributed by atoms with E-state index in [2.05, 4.69) is 15.9 Å². The fraction of sp³-hybridized carbons (Fsp3) is 0.222. The van der Waals surface area contributed by atoms with Crippen molar-refractivity contribution in [3.05, 3.63) is 27.7 Å². The molecule has 1 heterocycles. The second-order valence-corrected chi connectivity index (χ2v) is 3.77. The van der Waals surface area contributed by atoms with Crippen LogP contribution < -0.4 is 10.5 Å². The molecule has 1 amide bonds. The largest absolute Gasteiger partial charge is 0.410 e. The molecule has 14 heavy (non-hydrogen) atoms. The van der Waals surface area contributed by atoms with Crippen LogP contribution in [0.2, 0.25) is 0 Å². The molecule has 2 rings (SSSR count). The number of nitrogens with two attached hydrogens (primary N) is 1. The molecule has 0 spiro atoms. The van der Waals surface area contributed by atoms with Crippen molar-refractivity contribution in [2.24, 2.45) is 5.73 Å². The van der Waals surface area contributed by atoms with Gasteiger partial charge in [0.05, 0.1) is 13.2 Å². The van der Waals surface area contributed by atoms with Crippen molar-refractivity contribution >= 4 is 22.0 Å². The second kappa shape index (κ2) is 3.59. The van der Waals surface area contributed by atoms with Crippen molar-refractivity contribution in [2.75, 3.05) is 0 Å². The number of amides is 1. The van der Waals surface area contributed by atoms with Crippen LogP contribution in [-0.2, 0) is 18.0 Å². The van der Waals surface area contributed by atoms with Crippen molar-refractivity contribution in [3.8, 4) is 5.75 Å². The molecule has 0 unspecified atom stereocenters. The van der Waals surface area contributed by atoms with Gasteiger partial charge in [-0.2, -0.15) is 0 Å². The van der Waals surface area contributed by atoms with Crippen LogP contribution in [0.25, 0.3) is 0 Å². The molecular formula is C9H8BrNO3. The summed E-state index contributed by atoms with van der Waals surface area (Å²) in [6.45, 7) is 0.989. The van der Waals surface area contributed by atoms with Gasteiger partial charge in [-0.15, -0.1) is 0 Å². The first kappa shape index (κ1) is 9.48. The summed E-state index contributed by atoms with van der Waals surface area (Å²) < 4.78 is 11.1. The summed E-state index contributed by atoms with van der Waals surface area (Å²) in [5.74, 6) is 0.480. The zero-order valence-corrected chi connectivity index (χ0v) is 8.83. The lowest BCUT2D eigenvalue weighted by atomic mass is 10.1. The summed E-state index contributed by atoms with van der Waals surface area (Å²) in [6, 6.07) is 3.51. The molecule has 2 N–H and O–H groups in total. The number of hydrogen-bond donors (Lipinski definition) is 1. The molecule has 0 saturated carbocycles. The van der Waals surface area contributed by atoms with Crippen LogP contribution in [0.4, 0.5) is 4.79 Å². The average Bonchev–Trinajstić information content (AvgIpc) is 2.58. The van der Waals surface area contributed by atoms with Gasteiger partial charge in [-0.1, -0.05) is 15.9 Å². The second-order valence-electron chi connectivity index (χ2n) is 2.92. The zero-order chi connectivity index (χ0) is 10.1. The maximum absolute atomic E-state index is 10.6. The molecule has 4 nitrogen and oxygen atoms in total. The topological polar surface area (TPSA) is 61.6 Å². The number of carbonyl (C=O) groups excluding carboxylic acids is 1. The van der Waals surface area contributed by atoms with Crippen LogP contribution in [0.3, 0.4) is 0 Å². The Labute approximate surface area is 89.1 Å². The summed E-state index contributed by atoms with van der Waals surface area (Å²) in [6.07, 6.45) is -0.804. The number of rotatable bonds is 1. The van der Waals surface area contributed by atoms with Crippen LogP contribution in [-0.4, -0.2) is 6.09 Å². The maximum atomic E-state index is 10.6. The molecular weight excluding hydrogens is 250 g/mol. The van der Waals surface area contributed by atoms with Gasteiger partial charge >= 0.3 is 6.09 Å². The van der Waals surface area contributed by atoms with Gasteiger partial charge in [0.15, 0.2) is 0 Å². The fourth-order valence-electron chi connectivity index (χ4n) is 1.42. The van der Waals surface area contributed by atoms with E-state index in [1.807, 2.05) is 6.07 Å². The normalized spacial score (nSPS) is 13.8. The van der Waals surface area contributed by atoms with E-state index < -0.39 is 6.09 Å². The van der Waals surface area contributed by atoms with Gasteiger partial charge in [0.2, 0.25) is 0 Å². The molecule has 0 fully saturated rings. The van der Waals surface area contributed by atoms with E-state index in [9.17, 15) is 4.79 Å². The summed E-state index contributed by atoms with van der Waals surface area (Å²) in [4.78, 5) is 10.6. The summed E-state index contributed by atoms with van der Waals surface area (Å²) in [7, 11) is 0. The summed E-state index contributed by atoms with van der Waals surface area (Å²) >= 11 is 3.40. The third-order valence-corrected chi connectivity index (χ3v) is 2.78. The van der Waals surface area contributed by atoms with Gasteiger partial charge in [0, 0.05) is 15.6 Å². The molecule has 0 aliphatic carbocycles. The molecule has 0 saturated heterocycles. The summed E-state index contributed by atoms with van der Waals surface area (Å²) in [5, 5.41) is 0. The van der Waals surface area contributed by atoms with Gasteiger partial charge in [-0.25, -0.2) is 4.79 Å². The minimum Gasteiger partial charge on any atom is -0.410 e. The standard InChI is InChI=1S/C9H8BrNO3/c10-7-1-2-8(14-9(11)12)6-4-13-3-5(6)7/h1-2H,3-4H2,(H2,11,12). The predicted molar refractivity (Wildman–Crippen MR) is 52.8 cm³/mol. The SMILES string of the molecule is NC(=O)Oc1ccc(Br)c2c1COC2. The number of primary amides is 1. The van der Waals surface area contributed by atoms with Crippen LogP contribution in [0, 0.1) is 0 Å². The highest BCUT2D eigenvalue weighted by molar-refractivity contribution is 9.10. The summed E-state index contributed by atoms with van der Waals surface area (Å²) in [5.41, 5.74) is 6.85. The van der Waals surface area contributed by atoms with E-state index in [1.54, 1.807) is 6.07 Å². The Morgan fingerprint density at radius 1 is 1.43 bits per heavy atom. The quantitative estimate of drug-likeness (QED) is 0.837. The van der Waals surface area contributed by atoms with E-state index in [-0.39, 0.29) is 0 Å². The van der Waals surface area contributed by atoms with Gasteiger partial charge in [-0.05, 0) is 12.1 Å². The smallest absolute Gasteiger partial charge is 0.409 e. The molecule has 1 aromatic carbocycles. The number of fused-ring (bicyclic) bond motifs is 1. The lowest BCUT2D eigenvalue weighted by Gasteiger charge is -2.06. The Kier molecular flexibility index (Phi) is 2.43. The number of halogens is 1. The van der Waals surface area contributed by atoms with Gasteiger partial charge in [0.1, 0.15) is 5.75 Å². The highest BCUT2D eigenvalue weighted by Crippen LogP contribution is 2.34. The Morgan fingerprint density at radius 3 is 2.86 bits per heavy atom. The number of benzene rings is 1. The van der Waals surface area contributed by atoms with Gasteiger partial charge in [0.25, 0.3) is 0 Å². The minimum atomic E-state index is -0.804.